The lowest BCUT2D eigenvalue weighted by Gasteiger charge is -2.44. The molecular weight excluding hydrogens is 416 g/mol. The third-order valence-electron chi connectivity index (χ3n) is 7.42. The van der Waals surface area contributed by atoms with Gasteiger partial charge < -0.3 is 14.6 Å². The lowest BCUT2D eigenvalue weighted by Crippen LogP contribution is -2.52. The minimum absolute atomic E-state index is 0.110. The Bertz CT molecular complexity index is 972. The molecule has 4 aliphatic rings. The fraction of sp³-hybridized carbons (Fsp3) is 0.773. The maximum atomic E-state index is 13.3. The van der Waals surface area contributed by atoms with Gasteiger partial charge in [0.15, 0.2) is 0 Å². The number of ether oxygens (including phenoxy) is 1. The van der Waals surface area contributed by atoms with E-state index in [1.165, 1.54) is 0 Å². The lowest BCUT2D eigenvalue weighted by molar-refractivity contribution is -0.127. The molecular formula is C22H32N4O4S. The standard InChI is InChI=1S/C22H32N4O4S/c1-15-12-17(15)20(27)23-16-5-9-30-22(13-16)6-10-31(29,11-7-22)25-21(28)18-14-26-8-3-2-4-19(26)24-18/h14-17H,2-13H2,1H3,(H,23,27)/t15-,16?,17-,22?,31?/m1/s1. The molecule has 3 fully saturated rings. The minimum Gasteiger partial charge on any atom is -0.375 e. The van der Waals surface area contributed by atoms with Crippen molar-refractivity contribution in [1.29, 1.82) is 0 Å². The molecule has 4 heterocycles. The number of rotatable bonds is 3. The second-order valence-electron chi connectivity index (χ2n) is 9.82. The van der Waals surface area contributed by atoms with Crippen LogP contribution in [0.3, 0.4) is 0 Å². The van der Waals surface area contributed by atoms with Crippen LogP contribution in [-0.2, 0) is 32.2 Å². The zero-order valence-corrected chi connectivity index (χ0v) is 19.0. The van der Waals surface area contributed by atoms with E-state index in [9.17, 15) is 13.8 Å². The fourth-order valence-electron chi connectivity index (χ4n) is 5.22. The molecule has 2 saturated heterocycles. The summed E-state index contributed by atoms with van der Waals surface area (Å²) >= 11 is 0. The van der Waals surface area contributed by atoms with Crippen molar-refractivity contribution in [2.75, 3.05) is 18.1 Å². The number of carbonyl (C=O) groups excluding carboxylic acids is 2. The Morgan fingerprint density at radius 1 is 1.32 bits per heavy atom. The highest BCUT2D eigenvalue weighted by atomic mass is 32.2. The maximum absolute atomic E-state index is 13.3. The van der Waals surface area contributed by atoms with Gasteiger partial charge in [-0.3, -0.25) is 9.59 Å². The average Bonchev–Trinajstić information content (AvgIpc) is 3.32. The highest BCUT2D eigenvalue weighted by molar-refractivity contribution is 7.93. The number of nitrogens with one attached hydrogen (secondary N) is 1. The summed E-state index contributed by atoms with van der Waals surface area (Å²) in [7, 11) is -2.61. The number of imidazole rings is 1. The molecule has 1 spiro atoms. The van der Waals surface area contributed by atoms with Gasteiger partial charge in [-0.1, -0.05) is 6.92 Å². The number of nitrogens with zero attached hydrogens (tertiary/aromatic N) is 3. The van der Waals surface area contributed by atoms with Gasteiger partial charge in [0.25, 0.3) is 0 Å². The summed E-state index contributed by atoms with van der Waals surface area (Å²) in [6.07, 6.45) is 8.57. The summed E-state index contributed by atoms with van der Waals surface area (Å²) < 4.78 is 25.6. The molecule has 1 saturated carbocycles. The Kier molecular flexibility index (Phi) is 5.45. The van der Waals surface area contributed by atoms with Crippen molar-refractivity contribution in [2.45, 2.75) is 76.5 Å². The first-order chi connectivity index (χ1) is 14.8. The number of aromatic nitrogens is 2. The van der Waals surface area contributed by atoms with Crippen molar-refractivity contribution in [3.8, 4) is 0 Å². The molecule has 9 heteroatoms. The molecule has 1 aliphatic carbocycles. The fourth-order valence-corrected chi connectivity index (χ4v) is 7.38. The Hall–Kier alpha value is -1.74. The topological polar surface area (TPSA) is 103 Å². The number of carbonyl (C=O) groups is 2. The van der Waals surface area contributed by atoms with Crippen molar-refractivity contribution in [3.63, 3.8) is 0 Å². The highest BCUT2D eigenvalue weighted by Crippen LogP contribution is 2.39. The molecule has 0 bridgehead atoms. The summed E-state index contributed by atoms with van der Waals surface area (Å²) in [6.45, 7) is 3.59. The molecule has 170 valence electrons. The van der Waals surface area contributed by atoms with E-state index in [0.717, 1.165) is 50.9 Å². The third kappa shape index (κ3) is 4.44. The van der Waals surface area contributed by atoms with Crippen molar-refractivity contribution in [1.82, 2.24) is 14.9 Å². The van der Waals surface area contributed by atoms with Crippen LogP contribution in [0.1, 0.15) is 68.2 Å². The van der Waals surface area contributed by atoms with Gasteiger partial charge in [-0.25, -0.2) is 9.19 Å². The molecule has 1 N–H and O–H groups in total. The quantitative estimate of drug-likeness (QED) is 0.764. The van der Waals surface area contributed by atoms with Crippen LogP contribution in [0.2, 0.25) is 0 Å². The van der Waals surface area contributed by atoms with Crippen LogP contribution in [0.4, 0.5) is 0 Å². The summed E-state index contributed by atoms with van der Waals surface area (Å²) in [5, 5.41) is 3.20. The second-order valence-corrected chi connectivity index (χ2v) is 12.4. The monoisotopic (exact) mass is 448 g/mol. The molecule has 1 unspecified atom stereocenters. The largest absolute Gasteiger partial charge is 0.375 e. The van der Waals surface area contributed by atoms with E-state index >= 15 is 0 Å². The van der Waals surface area contributed by atoms with E-state index in [0.29, 0.717) is 42.6 Å². The Morgan fingerprint density at radius 2 is 2.10 bits per heavy atom. The zero-order chi connectivity index (χ0) is 21.6. The van der Waals surface area contributed by atoms with E-state index in [4.69, 9.17) is 4.74 Å². The lowest BCUT2D eigenvalue weighted by atomic mass is 9.85. The molecule has 5 rings (SSSR count). The van der Waals surface area contributed by atoms with Crippen LogP contribution in [0.5, 0.6) is 0 Å². The number of aryl methyl sites for hydroxylation is 2. The molecule has 31 heavy (non-hydrogen) atoms. The van der Waals surface area contributed by atoms with Gasteiger partial charge >= 0.3 is 5.91 Å². The van der Waals surface area contributed by atoms with Crippen LogP contribution in [0.25, 0.3) is 0 Å². The van der Waals surface area contributed by atoms with Crippen molar-refractivity contribution in [2.24, 2.45) is 16.2 Å². The van der Waals surface area contributed by atoms with Crippen LogP contribution in [-0.4, -0.2) is 55.3 Å². The predicted octanol–water partition coefficient (Wildman–Crippen LogP) is 2.31. The first kappa shape index (κ1) is 21.1. The van der Waals surface area contributed by atoms with Gasteiger partial charge in [0.2, 0.25) is 5.91 Å². The Balaban J connectivity index is 1.22. The molecule has 0 aromatic carbocycles. The molecule has 0 radical (unpaired) electrons. The summed E-state index contributed by atoms with van der Waals surface area (Å²) in [4.78, 5) is 29.4. The van der Waals surface area contributed by atoms with Crippen molar-refractivity contribution >= 4 is 21.5 Å². The van der Waals surface area contributed by atoms with E-state index in [-0.39, 0.29) is 23.5 Å². The maximum Gasteiger partial charge on any atom is 0.305 e. The van der Waals surface area contributed by atoms with Gasteiger partial charge in [0.1, 0.15) is 11.5 Å². The van der Waals surface area contributed by atoms with Crippen LogP contribution in [0.15, 0.2) is 10.6 Å². The van der Waals surface area contributed by atoms with Gasteiger partial charge in [0, 0.05) is 49.2 Å². The van der Waals surface area contributed by atoms with Gasteiger partial charge in [-0.15, -0.1) is 0 Å². The SMILES string of the molecule is C[C@@H]1C[C@H]1C(=O)NC1CCOC2(CCS(=O)(=NC(=O)c3cn4c(n3)CCCC4)CC2)C1. The number of fused-ring (bicyclic) bond motifs is 1. The average molecular weight is 449 g/mol. The smallest absolute Gasteiger partial charge is 0.305 e. The normalized spacial score (nSPS) is 37.1. The number of amides is 2. The van der Waals surface area contributed by atoms with Crippen LogP contribution in [0, 0.1) is 11.8 Å². The van der Waals surface area contributed by atoms with Crippen LogP contribution < -0.4 is 5.32 Å². The second kappa shape index (κ2) is 7.99. The molecule has 8 nitrogen and oxygen atoms in total. The Labute approximate surface area is 183 Å². The van der Waals surface area contributed by atoms with Crippen molar-refractivity contribution < 1.29 is 18.5 Å². The minimum atomic E-state index is -2.61. The zero-order valence-electron chi connectivity index (χ0n) is 18.2. The van der Waals surface area contributed by atoms with Gasteiger partial charge in [-0.05, 0) is 50.9 Å². The van der Waals surface area contributed by atoms with E-state index in [1.54, 1.807) is 6.20 Å². The van der Waals surface area contributed by atoms with Gasteiger partial charge in [0.05, 0.1) is 15.3 Å². The first-order valence-corrected chi connectivity index (χ1v) is 13.5. The van der Waals surface area contributed by atoms with E-state index in [1.807, 2.05) is 4.57 Å². The molecule has 3 aliphatic heterocycles. The molecule has 1 aromatic heterocycles. The van der Waals surface area contributed by atoms with Crippen LogP contribution >= 0.6 is 0 Å². The summed E-state index contributed by atoms with van der Waals surface area (Å²) in [5.41, 5.74) is -0.0517. The Morgan fingerprint density at radius 3 is 2.81 bits per heavy atom. The summed E-state index contributed by atoms with van der Waals surface area (Å²) in [5.74, 6) is 2.00. The molecule has 3 atom stereocenters. The number of hydrogen-bond donors (Lipinski definition) is 1. The van der Waals surface area contributed by atoms with E-state index < -0.39 is 15.6 Å². The predicted molar refractivity (Wildman–Crippen MR) is 116 cm³/mol. The first-order valence-electron chi connectivity index (χ1n) is 11.6. The third-order valence-corrected chi connectivity index (χ3v) is 9.60. The van der Waals surface area contributed by atoms with Crippen molar-refractivity contribution in [3.05, 3.63) is 17.7 Å². The summed E-state index contributed by atoms with van der Waals surface area (Å²) in [6, 6.07) is 0.110. The van der Waals surface area contributed by atoms with E-state index in [2.05, 4.69) is 21.6 Å². The highest BCUT2D eigenvalue weighted by Gasteiger charge is 2.44. The molecule has 1 aromatic rings. The number of hydrogen-bond acceptors (Lipinski definition) is 5. The molecule has 2 amide bonds. The van der Waals surface area contributed by atoms with Gasteiger partial charge in [-0.2, -0.15) is 4.36 Å².